The molecule has 0 heterocycles. The molecule has 158 valence electrons. The van der Waals surface area contributed by atoms with Gasteiger partial charge in [-0.3, -0.25) is 0 Å². The third kappa shape index (κ3) is 6.66. The van der Waals surface area contributed by atoms with Crippen molar-refractivity contribution in [1.29, 1.82) is 0 Å². The second-order valence-corrected chi connectivity index (χ2v) is 14.0. The van der Waals surface area contributed by atoms with E-state index in [-0.39, 0.29) is 32.7 Å². The van der Waals surface area contributed by atoms with E-state index in [0.29, 0.717) is 0 Å². The second-order valence-electron chi connectivity index (χ2n) is 7.91. The Morgan fingerprint density at radius 1 is 1.00 bits per heavy atom. The van der Waals surface area contributed by atoms with E-state index in [1.807, 2.05) is 8.60 Å². The minimum Gasteiger partial charge on any atom is -1.00 e. The molecule has 0 N–H and O–H groups in total. The molecule has 0 saturated carbocycles. The first-order chi connectivity index (χ1) is 13.2. The molecule has 0 spiro atoms. The average molecular weight is 529 g/mol. The van der Waals surface area contributed by atoms with Crippen LogP contribution in [0.2, 0.25) is 0 Å². The van der Waals surface area contributed by atoms with Crippen molar-refractivity contribution in [2.45, 2.75) is 69.8 Å². The molecule has 29 heavy (non-hydrogen) atoms. The fraction of sp³-hybridized carbons (Fsp3) is 0.520. The van der Waals surface area contributed by atoms with Gasteiger partial charge in [-0.2, -0.15) is 0 Å². The molecule has 0 fully saturated rings. The SMILES string of the molecule is CCCCC1=[C]([Zr+2][CH]2C(P(CCC)CCC)=Cc3ccccc32)CC=C1C.[Cl-].[Cl-]. The maximum atomic E-state index is 2.62. The van der Waals surface area contributed by atoms with Crippen LogP contribution in [0.25, 0.3) is 6.08 Å². The zero-order valence-corrected chi connectivity index (χ0v) is 23.3. The number of hydrogen-bond donors (Lipinski definition) is 0. The number of allylic oxidation sites excluding steroid dienone is 5. The molecule has 1 unspecified atom stereocenters. The molecule has 0 aliphatic heterocycles. The Bertz CT molecular complexity index is 745. The Labute approximate surface area is 204 Å². The van der Waals surface area contributed by atoms with E-state index in [0.717, 1.165) is 3.63 Å². The Kier molecular flexibility index (Phi) is 12.9. The predicted octanol–water partition coefficient (Wildman–Crippen LogP) is 2.27. The summed E-state index contributed by atoms with van der Waals surface area (Å²) < 4.78 is 2.71. The molecule has 4 heteroatoms. The van der Waals surface area contributed by atoms with Gasteiger partial charge in [0.2, 0.25) is 0 Å². The van der Waals surface area contributed by atoms with E-state index in [9.17, 15) is 0 Å². The van der Waals surface area contributed by atoms with Gasteiger partial charge in [0.1, 0.15) is 0 Å². The average Bonchev–Trinajstić information content (AvgIpc) is 3.21. The summed E-state index contributed by atoms with van der Waals surface area (Å²) >= 11 is -0.648. The molecule has 0 radical (unpaired) electrons. The van der Waals surface area contributed by atoms with Crippen molar-refractivity contribution in [2.24, 2.45) is 0 Å². The third-order valence-electron chi connectivity index (χ3n) is 5.81. The van der Waals surface area contributed by atoms with Gasteiger partial charge in [0.25, 0.3) is 0 Å². The van der Waals surface area contributed by atoms with Crippen LogP contribution in [-0.2, 0) is 23.2 Å². The van der Waals surface area contributed by atoms with Crippen LogP contribution in [0.3, 0.4) is 0 Å². The van der Waals surface area contributed by atoms with Crippen molar-refractivity contribution in [1.82, 2.24) is 0 Å². The predicted molar refractivity (Wildman–Crippen MR) is 119 cm³/mol. The van der Waals surface area contributed by atoms with Crippen LogP contribution in [0, 0.1) is 0 Å². The molecule has 0 nitrogen and oxygen atoms in total. The largest absolute Gasteiger partial charge is 1.00 e. The molecule has 1 aromatic carbocycles. The first kappa shape index (κ1) is 27.4. The van der Waals surface area contributed by atoms with E-state index in [4.69, 9.17) is 0 Å². The van der Waals surface area contributed by atoms with Crippen LogP contribution in [0.15, 0.2) is 50.1 Å². The van der Waals surface area contributed by atoms with E-state index in [2.05, 4.69) is 64.1 Å². The topological polar surface area (TPSA) is 0 Å². The van der Waals surface area contributed by atoms with Crippen molar-refractivity contribution in [3.05, 3.63) is 61.2 Å². The number of fused-ring (bicyclic) bond motifs is 1. The number of hydrogen-bond acceptors (Lipinski definition) is 0. The summed E-state index contributed by atoms with van der Waals surface area (Å²) in [6, 6.07) is 9.31. The summed E-state index contributed by atoms with van der Waals surface area (Å²) in [5.74, 6) is 0. The van der Waals surface area contributed by atoms with E-state index >= 15 is 0 Å². The monoisotopic (exact) mass is 526 g/mol. The molecule has 0 saturated heterocycles. The third-order valence-corrected chi connectivity index (χ3v) is 13.8. The molecular formula is C25H35Cl2PZr. The van der Waals surface area contributed by atoms with Gasteiger partial charge in [0, 0.05) is 0 Å². The number of rotatable bonds is 10. The fourth-order valence-electron chi connectivity index (χ4n) is 4.40. The van der Waals surface area contributed by atoms with Crippen LogP contribution in [0.5, 0.6) is 0 Å². The Hall–Kier alpha value is 0.333. The quantitative estimate of drug-likeness (QED) is 0.409. The van der Waals surface area contributed by atoms with Crippen molar-refractivity contribution < 1.29 is 48.0 Å². The Morgan fingerprint density at radius 3 is 2.34 bits per heavy atom. The smallest absolute Gasteiger partial charge is 1.00 e. The van der Waals surface area contributed by atoms with Gasteiger partial charge in [-0.15, -0.1) is 0 Å². The van der Waals surface area contributed by atoms with Crippen molar-refractivity contribution in [3.63, 3.8) is 0 Å². The number of unbranched alkanes of at least 4 members (excludes halogenated alkanes) is 1. The van der Waals surface area contributed by atoms with Gasteiger partial charge in [0.15, 0.2) is 0 Å². The van der Waals surface area contributed by atoms with E-state index in [1.165, 1.54) is 56.4 Å². The first-order valence-electron chi connectivity index (χ1n) is 10.9. The summed E-state index contributed by atoms with van der Waals surface area (Å²) in [4.78, 5) is 0. The van der Waals surface area contributed by atoms with Crippen LogP contribution in [0.1, 0.15) is 81.0 Å². The van der Waals surface area contributed by atoms with Crippen LogP contribution in [-0.4, -0.2) is 12.3 Å². The summed E-state index contributed by atoms with van der Waals surface area (Å²) in [7, 11) is 0.0599. The number of halogens is 2. The molecule has 0 amide bonds. The molecule has 0 bridgehead atoms. The van der Waals surface area contributed by atoms with Crippen LogP contribution < -0.4 is 24.8 Å². The zero-order valence-electron chi connectivity index (χ0n) is 18.4. The van der Waals surface area contributed by atoms with E-state index in [1.54, 1.807) is 16.7 Å². The maximum absolute atomic E-state index is 2.62. The molecule has 1 aromatic rings. The van der Waals surface area contributed by atoms with Crippen molar-refractivity contribution in [2.75, 3.05) is 12.3 Å². The van der Waals surface area contributed by atoms with Gasteiger partial charge in [0.05, 0.1) is 0 Å². The summed E-state index contributed by atoms with van der Waals surface area (Å²) in [5, 5.41) is 1.87. The molecule has 3 rings (SSSR count). The standard InChI is InChI=1S/C15H20P.C10H15.2ClH.Zr/c1-3-9-16(10-4-2)15-11-13-7-5-6-8-14(13)12-15;1-3-4-7-10-8-5-6-9(10)2;;;/h5-8,11-12H,3-4,9-10H2,1-2H3;6H,3-5,7H2,1-2H3;2*1H;/q;;;;+2/p-2. The second kappa shape index (κ2) is 13.7. The van der Waals surface area contributed by atoms with Gasteiger partial charge < -0.3 is 24.8 Å². The molecular weight excluding hydrogens is 493 g/mol. The minimum atomic E-state index is -0.648. The molecule has 2 aliphatic carbocycles. The van der Waals surface area contributed by atoms with Gasteiger partial charge in [-0.25, -0.2) is 0 Å². The molecule has 0 aromatic heterocycles. The Morgan fingerprint density at radius 2 is 1.69 bits per heavy atom. The fourth-order valence-corrected chi connectivity index (χ4v) is 13.0. The maximum Gasteiger partial charge on any atom is -1.00 e. The van der Waals surface area contributed by atoms with Gasteiger partial charge in [-0.05, 0) is 0 Å². The van der Waals surface area contributed by atoms with E-state index < -0.39 is 23.2 Å². The Balaban J connectivity index is 0.00000210. The van der Waals surface area contributed by atoms with Gasteiger partial charge >= 0.3 is 181 Å². The normalized spacial score (nSPS) is 17.3. The minimum absolute atomic E-state index is 0. The van der Waals surface area contributed by atoms with Crippen molar-refractivity contribution in [3.8, 4) is 0 Å². The van der Waals surface area contributed by atoms with Crippen LogP contribution in [0.4, 0.5) is 0 Å². The summed E-state index contributed by atoms with van der Waals surface area (Å²) in [6.45, 7) is 9.43. The molecule has 2 aliphatic rings. The number of benzene rings is 1. The summed E-state index contributed by atoms with van der Waals surface area (Å²) in [5.41, 5.74) is 6.57. The summed E-state index contributed by atoms with van der Waals surface area (Å²) in [6.07, 6.45) is 15.9. The zero-order chi connectivity index (χ0) is 19.2. The van der Waals surface area contributed by atoms with Gasteiger partial charge in [-0.1, -0.05) is 0 Å². The van der Waals surface area contributed by atoms with Crippen molar-refractivity contribution >= 4 is 14.0 Å². The molecule has 1 atom stereocenters. The first-order valence-corrected chi connectivity index (χ1v) is 15.3. The van der Waals surface area contributed by atoms with Crippen LogP contribution >= 0.6 is 7.92 Å².